The van der Waals surface area contributed by atoms with E-state index >= 15 is 0 Å². The van der Waals surface area contributed by atoms with Gasteiger partial charge in [0.25, 0.3) is 0 Å². The Balaban J connectivity index is 2.25. The average molecular weight is 146 g/mol. The Kier molecular flexibility index (Phi) is 2.62. The zero-order chi connectivity index (χ0) is 7.56. The van der Waals surface area contributed by atoms with Gasteiger partial charge in [0.15, 0.2) is 0 Å². The first-order chi connectivity index (χ1) is 4.79. The van der Waals surface area contributed by atoms with Crippen LogP contribution < -0.4 is 0 Å². The molecule has 1 aliphatic heterocycles. The summed E-state index contributed by atoms with van der Waals surface area (Å²) in [6.45, 7) is 0.504. The first kappa shape index (κ1) is 7.94. The Morgan fingerprint density at radius 2 is 2.50 bits per heavy atom. The zero-order valence-corrected chi connectivity index (χ0v) is 5.99. The minimum Gasteiger partial charge on any atom is -0.785 e. The molecule has 1 heterocycles. The van der Waals surface area contributed by atoms with Gasteiger partial charge in [0.05, 0.1) is 6.10 Å². The summed E-state index contributed by atoms with van der Waals surface area (Å²) in [5.74, 6) is 0. The number of aliphatic hydroxyl groups is 1. The Morgan fingerprint density at radius 3 is 2.90 bits per heavy atom. The van der Waals surface area contributed by atoms with Gasteiger partial charge in [-0.05, 0) is 6.42 Å². The summed E-state index contributed by atoms with van der Waals surface area (Å²) in [5, 5.41) is 20.2. The molecule has 4 heteroatoms. The Morgan fingerprint density at radius 1 is 1.80 bits per heavy atom. The van der Waals surface area contributed by atoms with E-state index in [0.717, 1.165) is 5.06 Å². The average Bonchev–Trinajstić information content (AvgIpc) is 1.95. The molecule has 0 bridgehead atoms. The molecular weight excluding hydrogens is 134 g/mol. The maximum absolute atomic E-state index is 10.7. The van der Waals surface area contributed by atoms with Gasteiger partial charge in [-0.3, -0.25) is 0 Å². The maximum atomic E-state index is 10.7. The number of nitrogens with zero attached hydrogens (tertiary/aromatic N) is 1. The number of methoxy groups -OCH3 is 1. The second kappa shape index (κ2) is 3.30. The molecule has 1 fully saturated rings. The lowest BCUT2D eigenvalue weighted by molar-refractivity contribution is -0.0669. The van der Waals surface area contributed by atoms with Crippen molar-refractivity contribution in [3.05, 3.63) is 5.21 Å². The highest BCUT2D eigenvalue weighted by molar-refractivity contribution is 4.92. The van der Waals surface area contributed by atoms with Crippen LogP contribution in [-0.2, 0) is 4.74 Å². The second-order valence-corrected chi connectivity index (χ2v) is 2.45. The highest BCUT2D eigenvalue weighted by Crippen LogP contribution is 2.21. The van der Waals surface area contributed by atoms with Crippen LogP contribution in [0.2, 0.25) is 0 Å². The largest absolute Gasteiger partial charge is 0.785 e. The Hall–Kier alpha value is -0.160. The van der Waals surface area contributed by atoms with E-state index in [4.69, 9.17) is 9.84 Å². The molecular formula is C6H12NO3-. The van der Waals surface area contributed by atoms with Crippen molar-refractivity contribution in [2.75, 3.05) is 20.3 Å². The number of ether oxygens (including phenoxy) is 1. The third-order valence-corrected chi connectivity index (χ3v) is 1.89. The van der Waals surface area contributed by atoms with Gasteiger partial charge in [-0.15, -0.1) is 0 Å². The summed E-state index contributed by atoms with van der Waals surface area (Å²) in [7, 11) is 1.59. The highest BCUT2D eigenvalue weighted by atomic mass is 16.5. The van der Waals surface area contributed by atoms with Gasteiger partial charge in [0, 0.05) is 26.3 Å². The second-order valence-electron chi connectivity index (χ2n) is 2.45. The van der Waals surface area contributed by atoms with Gasteiger partial charge in [-0.25, -0.2) is 0 Å². The fourth-order valence-corrected chi connectivity index (χ4v) is 1.18. The van der Waals surface area contributed by atoms with E-state index in [1.54, 1.807) is 7.11 Å². The van der Waals surface area contributed by atoms with Crippen LogP contribution >= 0.6 is 0 Å². The van der Waals surface area contributed by atoms with E-state index in [1.807, 2.05) is 0 Å². The van der Waals surface area contributed by atoms with E-state index in [9.17, 15) is 5.21 Å². The summed E-state index contributed by atoms with van der Waals surface area (Å²) in [6.07, 6.45) is 0.548. The van der Waals surface area contributed by atoms with Crippen molar-refractivity contribution >= 4 is 0 Å². The van der Waals surface area contributed by atoms with Crippen molar-refractivity contribution < 1.29 is 9.84 Å². The van der Waals surface area contributed by atoms with Gasteiger partial charge in [-0.2, -0.15) is 0 Å². The van der Waals surface area contributed by atoms with E-state index in [-0.39, 0.29) is 18.8 Å². The molecule has 1 aliphatic rings. The predicted molar refractivity (Wildman–Crippen MR) is 36.4 cm³/mol. The molecule has 4 nitrogen and oxygen atoms in total. The summed E-state index contributed by atoms with van der Waals surface area (Å²) in [4.78, 5) is 0. The topological polar surface area (TPSA) is 55.8 Å². The number of hydroxylamine groups is 2. The first-order valence-electron chi connectivity index (χ1n) is 3.37. The van der Waals surface area contributed by atoms with Crippen LogP contribution in [0.4, 0.5) is 0 Å². The summed E-state index contributed by atoms with van der Waals surface area (Å²) < 4.78 is 4.97. The van der Waals surface area contributed by atoms with Crippen molar-refractivity contribution in [2.24, 2.45) is 0 Å². The molecule has 0 aliphatic carbocycles. The number of aliphatic hydroxyl groups excluding tert-OH is 1. The van der Waals surface area contributed by atoms with Gasteiger partial charge >= 0.3 is 0 Å². The van der Waals surface area contributed by atoms with Crippen LogP contribution in [0.25, 0.3) is 0 Å². The molecule has 0 aromatic rings. The van der Waals surface area contributed by atoms with Crippen molar-refractivity contribution in [2.45, 2.75) is 18.6 Å². The molecule has 2 atom stereocenters. The third-order valence-electron chi connectivity index (χ3n) is 1.89. The predicted octanol–water partition coefficient (Wildman–Crippen LogP) is -0.434. The molecule has 0 amide bonds. The molecule has 0 saturated carbocycles. The quantitative estimate of drug-likeness (QED) is 0.586. The van der Waals surface area contributed by atoms with Crippen LogP contribution in [0.5, 0.6) is 0 Å². The molecule has 10 heavy (non-hydrogen) atoms. The smallest absolute Gasteiger partial charge is 0.0835 e. The van der Waals surface area contributed by atoms with Crippen LogP contribution in [-0.4, -0.2) is 42.6 Å². The standard InChI is InChI=1S/C6H12NO3/c1-10-6-4-7(9)5(6)2-3-8/h5-6,8H,2-4H2,1H3/q-1. The lowest BCUT2D eigenvalue weighted by atomic mass is 10.00. The van der Waals surface area contributed by atoms with Crippen molar-refractivity contribution in [3.8, 4) is 0 Å². The van der Waals surface area contributed by atoms with Crippen molar-refractivity contribution in [1.82, 2.24) is 5.06 Å². The molecule has 1 N–H and O–H groups in total. The molecule has 2 unspecified atom stereocenters. The van der Waals surface area contributed by atoms with Crippen molar-refractivity contribution in [1.29, 1.82) is 0 Å². The molecule has 0 radical (unpaired) electrons. The minimum absolute atomic E-state index is 0.0321. The van der Waals surface area contributed by atoms with Gasteiger partial charge in [-0.1, -0.05) is 0 Å². The van der Waals surface area contributed by atoms with Gasteiger partial charge in [0.1, 0.15) is 0 Å². The number of hydrogen-bond donors (Lipinski definition) is 1. The summed E-state index contributed by atoms with van der Waals surface area (Å²) >= 11 is 0. The highest BCUT2D eigenvalue weighted by Gasteiger charge is 2.31. The minimum atomic E-state index is -0.116. The van der Waals surface area contributed by atoms with Crippen LogP contribution in [0.15, 0.2) is 0 Å². The molecule has 1 saturated heterocycles. The lowest BCUT2D eigenvalue weighted by Gasteiger charge is -2.52. The fourth-order valence-electron chi connectivity index (χ4n) is 1.18. The molecule has 0 aromatic carbocycles. The molecule has 1 rings (SSSR count). The van der Waals surface area contributed by atoms with Crippen molar-refractivity contribution in [3.63, 3.8) is 0 Å². The summed E-state index contributed by atoms with van der Waals surface area (Å²) in [5.41, 5.74) is 0. The number of hydrogen-bond acceptors (Lipinski definition) is 4. The number of rotatable bonds is 3. The van der Waals surface area contributed by atoms with Crippen LogP contribution in [0.3, 0.4) is 0 Å². The molecule has 60 valence electrons. The van der Waals surface area contributed by atoms with E-state index in [0.29, 0.717) is 13.0 Å². The van der Waals surface area contributed by atoms with E-state index in [1.165, 1.54) is 0 Å². The SMILES string of the molecule is COC1CN([O-])C1CCO. The van der Waals surface area contributed by atoms with Gasteiger partial charge in [0.2, 0.25) is 0 Å². The van der Waals surface area contributed by atoms with Crippen LogP contribution in [0.1, 0.15) is 6.42 Å². The Labute approximate surface area is 60.0 Å². The zero-order valence-electron chi connectivity index (χ0n) is 5.99. The summed E-state index contributed by atoms with van der Waals surface area (Å²) in [6, 6.07) is -0.116. The third kappa shape index (κ3) is 1.29. The normalized spacial score (nSPS) is 33.9. The Bertz CT molecular complexity index is 109. The molecule has 0 aromatic heterocycles. The van der Waals surface area contributed by atoms with E-state index < -0.39 is 0 Å². The van der Waals surface area contributed by atoms with Crippen LogP contribution in [0, 0.1) is 5.21 Å². The first-order valence-corrected chi connectivity index (χ1v) is 3.37. The lowest BCUT2D eigenvalue weighted by Crippen LogP contribution is -2.58. The fraction of sp³-hybridized carbons (Fsp3) is 1.00. The monoisotopic (exact) mass is 146 g/mol. The van der Waals surface area contributed by atoms with Gasteiger partial charge < -0.3 is 20.1 Å². The molecule has 0 spiro atoms. The van der Waals surface area contributed by atoms with E-state index in [2.05, 4.69) is 0 Å². The maximum Gasteiger partial charge on any atom is 0.0835 e.